The molecule has 19 heavy (non-hydrogen) atoms. The topological polar surface area (TPSA) is 74.2 Å². The number of carbonyl (C=O) groups is 1. The lowest BCUT2D eigenvalue weighted by atomic mass is 9.88. The SMILES string of the molecule is Cc1ncsc1CNC(=O)NC(CO)CC(C)(C)C. The number of thiazole rings is 1. The zero-order chi connectivity index (χ0) is 14.5. The van der Waals surface area contributed by atoms with E-state index >= 15 is 0 Å². The molecule has 1 aromatic heterocycles. The second-order valence-electron chi connectivity index (χ2n) is 5.83. The van der Waals surface area contributed by atoms with E-state index in [0.29, 0.717) is 6.54 Å². The molecule has 0 saturated carbocycles. The fourth-order valence-corrected chi connectivity index (χ4v) is 2.51. The van der Waals surface area contributed by atoms with Crippen molar-refractivity contribution in [3.8, 4) is 0 Å². The Morgan fingerprint density at radius 3 is 2.68 bits per heavy atom. The highest BCUT2D eigenvalue weighted by atomic mass is 32.1. The van der Waals surface area contributed by atoms with Crippen molar-refractivity contribution in [1.29, 1.82) is 0 Å². The summed E-state index contributed by atoms with van der Waals surface area (Å²) >= 11 is 1.52. The van der Waals surface area contributed by atoms with Gasteiger partial charge >= 0.3 is 6.03 Å². The van der Waals surface area contributed by atoms with Crippen LogP contribution in [0.15, 0.2) is 5.51 Å². The van der Waals surface area contributed by atoms with Crippen LogP contribution < -0.4 is 10.6 Å². The lowest BCUT2D eigenvalue weighted by molar-refractivity contribution is 0.191. The van der Waals surface area contributed by atoms with Crippen LogP contribution in [0.1, 0.15) is 37.8 Å². The van der Waals surface area contributed by atoms with Gasteiger partial charge in [0.05, 0.1) is 30.4 Å². The molecular weight excluding hydrogens is 262 g/mol. The minimum Gasteiger partial charge on any atom is -0.394 e. The van der Waals surface area contributed by atoms with E-state index in [0.717, 1.165) is 17.0 Å². The summed E-state index contributed by atoms with van der Waals surface area (Å²) in [5, 5.41) is 14.9. The van der Waals surface area contributed by atoms with Crippen LogP contribution in [0.3, 0.4) is 0 Å². The van der Waals surface area contributed by atoms with Crippen molar-refractivity contribution in [1.82, 2.24) is 15.6 Å². The molecule has 0 aromatic carbocycles. The van der Waals surface area contributed by atoms with Gasteiger partial charge in [0.2, 0.25) is 0 Å². The van der Waals surface area contributed by atoms with Crippen molar-refractivity contribution in [3.05, 3.63) is 16.1 Å². The first-order valence-electron chi connectivity index (χ1n) is 6.36. The molecule has 0 aliphatic rings. The van der Waals surface area contributed by atoms with E-state index in [-0.39, 0.29) is 24.1 Å². The summed E-state index contributed by atoms with van der Waals surface area (Å²) in [4.78, 5) is 16.9. The molecule has 1 unspecified atom stereocenters. The molecule has 1 rings (SSSR count). The number of aliphatic hydroxyl groups is 1. The van der Waals surface area contributed by atoms with Gasteiger partial charge in [-0.1, -0.05) is 20.8 Å². The normalized spacial score (nSPS) is 13.1. The maximum Gasteiger partial charge on any atom is 0.315 e. The Labute approximate surface area is 118 Å². The Balaban J connectivity index is 2.39. The number of aryl methyl sites for hydroxylation is 1. The molecule has 5 nitrogen and oxygen atoms in total. The zero-order valence-electron chi connectivity index (χ0n) is 12.0. The summed E-state index contributed by atoms with van der Waals surface area (Å²) in [5.41, 5.74) is 2.77. The van der Waals surface area contributed by atoms with E-state index in [1.807, 2.05) is 6.92 Å². The lowest BCUT2D eigenvalue weighted by Gasteiger charge is -2.25. The number of rotatable bonds is 5. The average Bonchev–Trinajstić information content (AvgIpc) is 2.69. The van der Waals surface area contributed by atoms with Crippen LogP contribution in [-0.2, 0) is 6.54 Å². The quantitative estimate of drug-likeness (QED) is 0.775. The summed E-state index contributed by atoms with van der Waals surface area (Å²) in [6.07, 6.45) is 0.733. The van der Waals surface area contributed by atoms with E-state index in [9.17, 15) is 9.90 Å². The standard InChI is InChI=1S/C13H23N3O2S/c1-9-11(19-8-15-9)6-14-12(18)16-10(7-17)5-13(2,3)4/h8,10,17H,5-7H2,1-4H3,(H2,14,16,18). The van der Waals surface area contributed by atoms with Crippen molar-refractivity contribution in [2.24, 2.45) is 5.41 Å². The van der Waals surface area contributed by atoms with E-state index in [2.05, 4.69) is 36.4 Å². The van der Waals surface area contributed by atoms with Crippen LogP contribution in [0.2, 0.25) is 0 Å². The minimum atomic E-state index is -0.254. The van der Waals surface area contributed by atoms with Crippen molar-refractivity contribution in [2.75, 3.05) is 6.61 Å². The Morgan fingerprint density at radius 2 is 2.21 bits per heavy atom. The molecule has 108 valence electrons. The van der Waals surface area contributed by atoms with Crippen molar-refractivity contribution < 1.29 is 9.90 Å². The number of nitrogens with one attached hydrogen (secondary N) is 2. The van der Waals surface area contributed by atoms with Crippen LogP contribution in [-0.4, -0.2) is 28.8 Å². The molecule has 0 fully saturated rings. The third-order valence-corrected chi connectivity index (χ3v) is 3.60. The van der Waals surface area contributed by atoms with Crippen LogP contribution in [0.25, 0.3) is 0 Å². The molecule has 1 aromatic rings. The number of aliphatic hydroxyl groups excluding tert-OH is 1. The van der Waals surface area contributed by atoms with Crippen molar-refractivity contribution >= 4 is 17.4 Å². The summed E-state index contributed by atoms with van der Waals surface area (Å²) in [6.45, 7) is 8.57. The molecular formula is C13H23N3O2S. The second kappa shape index (κ2) is 6.86. The molecule has 6 heteroatoms. The van der Waals surface area contributed by atoms with Gasteiger partial charge in [0.1, 0.15) is 0 Å². The number of nitrogens with zero attached hydrogens (tertiary/aromatic N) is 1. The third-order valence-electron chi connectivity index (χ3n) is 2.67. The number of amides is 2. The maximum absolute atomic E-state index is 11.8. The molecule has 0 aliphatic carbocycles. The van der Waals surface area contributed by atoms with Crippen LogP contribution in [0.4, 0.5) is 4.79 Å². The second-order valence-corrected chi connectivity index (χ2v) is 6.77. The number of hydrogen-bond donors (Lipinski definition) is 3. The molecule has 0 saturated heterocycles. The molecule has 0 spiro atoms. The van der Waals surface area contributed by atoms with Gasteiger partial charge in [-0.3, -0.25) is 0 Å². The van der Waals surface area contributed by atoms with Gasteiger partial charge in [-0.2, -0.15) is 0 Å². The highest BCUT2D eigenvalue weighted by molar-refractivity contribution is 7.09. The van der Waals surface area contributed by atoms with Crippen LogP contribution >= 0.6 is 11.3 Å². The number of urea groups is 1. The van der Waals surface area contributed by atoms with Gasteiger partial charge in [0, 0.05) is 4.88 Å². The maximum atomic E-state index is 11.8. The molecule has 1 heterocycles. The van der Waals surface area contributed by atoms with Gasteiger partial charge < -0.3 is 15.7 Å². The van der Waals surface area contributed by atoms with Gasteiger partial charge in [-0.25, -0.2) is 9.78 Å². The Morgan fingerprint density at radius 1 is 1.53 bits per heavy atom. The minimum absolute atomic E-state index is 0.0513. The van der Waals surface area contributed by atoms with Crippen molar-refractivity contribution in [3.63, 3.8) is 0 Å². The summed E-state index contributed by atoms with van der Waals surface area (Å²) in [6, 6.07) is -0.473. The number of hydrogen-bond acceptors (Lipinski definition) is 4. The molecule has 2 amide bonds. The van der Waals surface area contributed by atoms with E-state index in [1.54, 1.807) is 5.51 Å². The first kappa shape index (κ1) is 15.9. The molecule has 0 aliphatic heterocycles. The fraction of sp³-hybridized carbons (Fsp3) is 0.692. The van der Waals surface area contributed by atoms with Crippen LogP contribution in [0.5, 0.6) is 0 Å². The molecule has 1 atom stereocenters. The summed E-state index contributed by atoms with van der Waals surface area (Å²) in [7, 11) is 0. The largest absolute Gasteiger partial charge is 0.394 e. The monoisotopic (exact) mass is 285 g/mol. The smallest absolute Gasteiger partial charge is 0.315 e. The molecule has 0 radical (unpaired) electrons. The summed E-state index contributed by atoms with van der Waals surface area (Å²) < 4.78 is 0. The van der Waals surface area contributed by atoms with Gasteiger partial charge in [0.15, 0.2) is 0 Å². The fourth-order valence-electron chi connectivity index (χ4n) is 1.79. The van der Waals surface area contributed by atoms with Gasteiger partial charge in [-0.15, -0.1) is 11.3 Å². The van der Waals surface area contributed by atoms with E-state index in [1.165, 1.54) is 11.3 Å². The summed E-state index contributed by atoms with van der Waals surface area (Å²) in [5.74, 6) is 0. The lowest BCUT2D eigenvalue weighted by Crippen LogP contribution is -2.45. The van der Waals surface area contributed by atoms with Crippen LogP contribution in [0, 0.1) is 12.3 Å². The predicted octanol–water partition coefficient (Wildman–Crippen LogP) is 2.05. The van der Waals surface area contributed by atoms with Gasteiger partial charge in [0.25, 0.3) is 0 Å². The Kier molecular flexibility index (Phi) is 5.75. The zero-order valence-corrected chi connectivity index (χ0v) is 12.8. The van der Waals surface area contributed by atoms with E-state index in [4.69, 9.17) is 0 Å². The third kappa shape index (κ3) is 6.02. The molecule has 0 bridgehead atoms. The average molecular weight is 285 g/mol. The van der Waals surface area contributed by atoms with Crippen molar-refractivity contribution in [2.45, 2.75) is 46.7 Å². The number of carbonyl (C=O) groups excluding carboxylic acids is 1. The highest BCUT2D eigenvalue weighted by Crippen LogP contribution is 2.20. The van der Waals surface area contributed by atoms with E-state index < -0.39 is 0 Å². The molecule has 3 N–H and O–H groups in total. The first-order chi connectivity index (χ1) is 8.81. The predicted molar refractivity (Wildman–Crippen MR) is 77.2 cm³/mol. The van der Waals surface area contributed by atoms with Gasteiger partial charge in [-0.05, 0) is 18.8 Å². The highest BCUT2D eigenvalue weighted by Gasteiger charge is 2.19. The Bertz CT molecular complexity index is 412. The number of aromatic nitrogens is 1. The Hall–Kier alpha value is -1.14. The first-order valence-corrected chi connectivity index (χ1v) is 7.24.